The van der Waals surface area contributed by atoms with Crippen LogP contribution < -0.4 is 28.7 Å². The molecule has 0 spiro atoms. The summed E-state index contributed by atoms with van der Waals surface area (Å²) >= 11 is 0. The Kier molecular flexibility index (Phi) is 8.61. The normalized spacial score (nSPS) is 16.9. The lowest BCUT2D eigenvalue weighted by atomic mass is 10.1. The van der Waals surface area contributed by atoms with Crippen LogP contribution >= 0.6 is 7.60 Å². The number of fused-ring (bicyclic) bond motifs is 1. The molecular weight excluding hydrogens is 563 g/mol. The molecule has 0 radical (unpaired) electrons. The van der Waals surface area contributed by atoms with Crippen molar-refractivity contribution in [2.45, 2.75) is 32.0 Å². The largest absolute Gasteiger partial charge is 0.473 e. The van der Waals surface area contributed by atoms with Gasteiger partial charge in [-0.1, -0.05) is 31.2 Å². The minimum atomic E-state index is -3.72. The minimum Gasteiger partial charge on any atom is -0.473 e. The third kappa shape index (κ3) is 6.84. The third-order valence-electron chi connectivity index (χ3n) is 7.19. The lowest BCUT2D eigenvalue weighted by molar-refractivity contribution is 0.288. The molecule has 1 aliphatic heterocycles. The number of allylic oxidation sites excluding steroid dienone is 4. The zero-order chi connectivity index (χ0) is 29.5. The summed E-state index contributed by atoms with van der Waals surface area (Å²) in [4.78, 5) is 10.4. The van der Waals surface area contributed by atoms with Gasteiger partial charge in [-0.25, -0.2) is 4.57 Å². The highest BCUT2D eigenvalue weighted by atomic mass is 31.2. The van der Waals surface area contributed by atoms with Gasteiger partial charge in [0.25, 0.3) is 0 Å². The Morgan fingerprint density at radius 1 is 1.00 bits per heavy atom. The van der Waals surface area contributed by atoms with E-state index in [4.69, 9.17) is 18.5 Å². The maximum absolute atomic E-state index is 14.5. The van der Waals surface area contributed by atoms with Crippen LogP contribution in [0.25, 0.3) is 0 Å². The molecule has 0 saturated carbocycles. The van der Waals surface area contributed by atoms with Crippen molar-refractivity contribution in [3.05, 3.63) is 121 Å². The highest BCUT2D eigenvalue weighted by Gasteiger charge is 2.38. The van der Waals surface area contributed by atoms with Crippen LogP contribution in [0.4, 0.5) is 11.4 Å². The summed E-state index contributed by atoms with van der Waals surface area (Å²) in [6.45, 7) is 3.33. The van der Waals surface area contributed by atoms with Crippen molar-refractivity contribution in [1.29, 1.82) is 0 Å². The number of rotatable bonds is 11. The van der Waals surface area contributed by atoms with E-state index in [0.717, 1.165) is 34.0 Å². The Morgan fingerprint density at radius 3 is 2.56 bits per heavy atom. The van der Waals surface area contributed by atoms with Crippen molar-refractivity contribution < 1.29 is 23.1 Å². The van der Waals surface area contributed by atoms with Gasteiger partial charge in [0.2, 0.25) is 0 Å². The predicted molar refractivity (Wildman–Crippen MR) is 167 cm³/mol. The molecule has 0 fully saturated rings. The van der Waals surface area contributed by atoms with Crippen molar-refractivity contribution in [2.75, 3.05) is 23.7 Å². The summed E-state index contributed by atoms with van der Waals surface area (Å²) in [7, 11) is -3.72. The maximum atomic E-state index is 14.5. The van der Waals surface area contributed by atoms with Crippen LogP contribution in [0.2, 0.25) is 0 Å². The van der Waals surface area contributed by atoms with E-state index in [2.05, 4.69) is 20.2 Å². The number of hydrogen-bond acceptors (Lipinski definition) is 9. The van der Waals surface area contributed by atoms with E-state index >= 15 is 0 Å². The zero-order valence-electron chi connectivity index (χ0n) is 23.8. The first-order valence-corrected chi connectivity index (χ1v) is 15.8. The van der Waals surface area contributed by atoms with Crippen LogP contribution in [0.1, 0.15) is 24.5 Å². The summed E-state index contributed by atoms with van der Waals surface area (Å²) in [5, 5.41) is 3.19. The Labute approximate surface area is 251 Å². The summed E-state index contributed by atoms with van der Waals surface area (Å²) in [5.74, 6) is 2.40. The number of ether oxygens (including phenoxy) is 2. The van der Waals surface area contributed by atoms with Crippen LogP contribution in [0.3, 0.4) is 0 Å². The van der Waals surface area contributed by atoms with Crippen molar-refractivity contribution >= 4 is 19.0 Å². The average Bonchev–Trinajstić information content (AvgIpc) is 3.06. The van der Waals surface area contributed by atoms with Crippen molar-refractivity contribution in [3.63, 3.8) is 0 Å². The maximum Gasteiger partial charge on any atom is 0.437 e. The van der Waals surface area contributed by atoms with Gasteiger partial charge in [-0.2, -0.15) is 0 Å². The second-order valence-electron chi connectivity index (χ2n) is 10.1. The van der Waals surface area contributed by atoms with E-state index in [1.54, 1.807) is 36.9 Å². The molecule has 0 saturated heterocycles. The predicted octanol–water partition coefficient (Wildman–Crippen LogP) is 7.38. The van der Waals surface area contributed by atoms with Crippen LogP contribution in [-0.2, 0) is 17.5 Å². The van der Waals surface area contributed by atoms with Crippen molar-refractivity contribution in [2.24, 2.45) is 0 Å². The fourth-order valence-corrected chi connectivity index (χ4v) is 6.74. The molecule has 2 aromatic carbocycles. The molecule has 4 aromatic rings. The summed E-state index contributed by atoms with van der Waals surface area (Å²) in [6.07, 6.45) is 15.9. The SMILES string of the molecule is CCc1cc(OP(=O)(Oc2ccc3c(c2)CN(c2cccnc2)CO3)C2C=CC=CC2)ccc1OCNc1cccnc1. The number of hydrogen-bond donors (Lipinski definition) is 1. The Balaban J connectivity index is 1.20. The molecule has 10 heteroatoms. The third-order valence-corrected chi connectivity index (χ3v) is 9.31. The van der Waals surface area contributed by atoms with Gasteiger partial charge in [0.15, 0.2) is 13.5 Å². The van der Waals surface area contributed by atoms with E-state index in [1.165, 1.54) is 0 Å². The number of aromatic nitrogens is 2. The van der Waals surface area contributed by atoms with Crippen molar-refractivity contribution in [1.82, 2.24) is 9.97 Å². The molecule has 43 heavy (non-hydrogen) atoms. The van der Waals surface area contributed by atoms with Crippen LogP contribution in [0, 0.1) is 0 Å². The molecule has 2 unspecified atom stereocenters. The average molecular weight is 597 g/mol. The van der Waals surface area contributed by atoms with Gasteiger partial charge in [-0.05, 0) is 79.1 Å². The number of pyridine rings is 2. The standard InChI is InChI=1S/C33H33N4O5P/c1-2-25-18-29(12-14-32(25)39-23-36-27-8-6-16-34-20-27)41-43(38,31-10-4-3-5-11-31)42-30-13-15-33-26(19-30)22-37(24-40-33)28-9-7-17-35-21-28/h3-10,12-21,31,36H,2,11,22-24H2,1H3. The number of nitrogens with zero attached hydrogens (tertiary/aromatic N) is 3. The summed E-state index contributed by atoms with van der Waals surface area (Å²) in [5.41, 5.74) is 3.23. The molecule has 0 amide bonds. The van der Waals surface area contributed by atoms with Crippen LogP contribution in [0.15, 0.2) is 110 Å². The molecule has 0 bridgehead atoms. The van der Waals surface area contributed by atoms with Crippen LogP contribution in [-0.4, -0.2) is 29.1 Å². The number of nitrogens with one attached hydrogen (secondary N) is 1. The Hall–Kier alpha value is -4.75. The van der Waals surface area contributed by atoms with Gasteiger partial charge >= 0.3 is 7.60 Å². The van der Waals surface area contributed by atoms with E-state index in [-0.39, 0.29) is 6.73 Å². The minimum absolute atomic E-state index is 0.278. The summed E-state index contributed by atoms with van der Waals surface area (Å²) in [6, 6.07) is 18.6. The molecule has 3 heterocycles. The fourth-order valence-electron chi connectivity index (χ4n) is 4.93. The lowest BCUT2D eigenvalue weighted by Crippen LogP contribution is -2.31. The molecule has 1 aliphatic carbocycles. The first-order chi connectivity index (χ1) is 21.1. The van der Waals surface area contributed by atoms with E-state index in [0.29, 0.717) is 37.6 Å². The number of aryl methyl sites for hydroxylation is 1. The molecule has 2 aliphatic rings. The number of benzene rings is 2. The van der Waals surface area contributed by atoms with Gasteiger partial charge in [-0.3, -0.25) is 9.97 Å². The Bertz CT molecular complexity index is 1650. The summed E-state index contributed by atoms with van der Waals surface area (Å²) < 4.78 is 39.1. The monoisotopic (exact) mass is 596 g/mol. The zero-order valence-corrected chi connectivity index (χ0v) is 24.7. The quantitative estimate of drug-likeness (QED) is 0.141. The van der Waals surface area contributed by atoms with Gasteiger partial charge in [-0.15, -0.1) is 0 Å². The Morgan fingerprint density at radius 2 is 1.81 bits per heavy atom. The molecule has 1 N–H and O–H groups in total. The topological polar surface area (TPSA) is 95.0 Å². The van der Waals surface area contributed by atoms with Gasteiger partial charge < -0.3 is 28.7 Å². The van der Waals surface area contributed by atoms with E-state index in [9.17, 15) is 4.57 Å². The van der Waals surface area contributed by atoms with Crippen molar-refractivity contribution in [3.8, 4) is 23.0 Å². The first-order valence-electron chi connectivity index (χ1n) is 14.2. The second kappa shape index (κ2) is 13.0. The number of anilines is 2. The van der Waals surface area contributed by atoms with Gasteiger partial charge in [0.1, 0.15) is 28.7 Å². The van der Waals surface area contributed by atoms with E-state index < -0.39 is 13.3 Å². The fraction of sp³-hybridized carbons (Fsp3) is 0.212. The molecule has 2 aromatic heterocycles. The second-order valence-corrected chi connectivity index (χ2v) is 12.2. The van der Waals surface area contributed by atoms with E-state index in [1.807, 2.05) is 79.8 Å². The highest BCUT2D eigenvalue weighted by Crippen LogP contribution is 2.55. The van der Waals surface area contributed by atoms with Crippen LogP contribution in [0.5, 0.6) is 23.0 Å². The highest BCUT2D eigenvalue weighted by molar-refractivity contribution is 7.55. The lowest BCUT2D eigenvalue weighted by Gasteiger charge is -2.31. The molecule has 220 valence electrons. The molecule has 2 atom stereocenters. The first kappa shape index (κ1) is 28.4. The molecule has 6 rings (SSSR count). The smallest absolute Gasteiger partial charge is 0.437 e. The molecule has 9 nitrogen and oxygen atoms in total. The van der Waals surface area contributed by atoms with Gasteiger partial charge in [0, 0.05) is 18.0 Å². The van der Waals surface area contributed by atoms with Gasteiger partial charge in [0.05, 0.1) is 30.3 Å². The molecular formula is C33H33N4O5P.